The minimum absolute atomic E-state index is 0.165. The third-order valence-corrected chi connectivity index (χ3v) is 3.49. The predicted molar refractivity (Wildman–Crippen MR) is 75.0 cm³/mol. The average Bonchev–Trinajstić information content (AvgIpc) is 2.35. The summed E-state index contributed by atoms with van der Waals surface area (Å²) in [6, 6.07) is 3.42. The summed E-state index contributed by atoms with van der Waals surface area (Å²) in [5, 5.41) is 3.08. The van der Waals surface area contributed by atoms with Gasteiger partial charge >= 0.3 is 17.5 Å². The highest BCUT2D eigenvalue weighted by atomic mass is 32.3. The Morgan fingerprint density at radius 3 is 2.36 bits per heavy atom. The number of hydrogen-bond acceptors (Lipinski definition) is 5. The molecule has 2 rings (SSSR count). The zero-order chi connectivity index (χ0) is 16.4. The van der Waals surface area contributed by atoms with Gasteiger partial charge in [-0.3, -0.25) is 0 Å². The van der Waals surface area contributed by atoms with Crippen molar-refractivity contribution in [3.8, 4) is 5.75 Å². The molecule has 1 N–H and O–H groups in total. The molecule has 124 valence electrons. The molecule has 0 unspecified atom stereocenters. The standard InChI is InChI=1S/C11H14BF4N2O3S/c13-12(14,15)8-9-5-10(18-3-1-17-2-4-18)7-11(6-9)21-22(16,19)20/h5-7,17H,1-4,8H2/q-1. The van der Waals surface area contributed by atoms with Crippen LogP contribution in [0.25, 0.3) is 0 Å². The van der Waals surface area contributed by atoms with Gasteiger partial charge in [0.05, 0.1) is 0 Å². The van der Waals surface area contributed by atoms with Crippen molar-refractivity contribution in [2.75, 3.05) is 31.1 Å². The molecule has 0 amide bonds. The van der Waals surface area contributed by atoms with Gasteiger partial charge in [0.15, 0.2) is 0 Å². The highest BCUT2D eigenvalue weighted by Crippen LogP contribution is 2.28. The van der Waals surface area contributed by atoms with Crippen LogP contribution in [0.2, 0.25) is 0 Å². The van der Waals surface area contributed by atoms with E-state index in [0.717, 1.165) is 6.07 Å². The van der Waals surface area contributed by atoms with Gasteiger partial charge in [0.2, 0.25) is 0 Å². The maximum Gasteiger partial charge on any atom is 0.488 e. The Morgan fingerprint density at radius 2 is 1.82 bits per heavy atom. The summed E-state index contributed by atoms with van der Waals surface area (Å²) in [7, 11) is -5.29. The number of halogens is 4. The van der Waals surface area contributed by atoms with E-state index in [1.165, 1.54) is 12.1 Å². The van der Waals surface area contributed by atoms with Gasteiger partial charge in [-0.2, -0.15) is 8.42 Å². The number of nitrogens with zero attached hydrogens (tertiary/aromatic N) is 1. The highest BCUT2D eigenvalue weighted by Gasteiger charge is 2.25. The molecule has 1 heterocycles. The first-order valence-corrected chi connectivity index (χ1v) is 7.88. The summed E-state index contributed by atoms with van der Waals surface area (Å²) in [4.78, 5) is 1.78. The van der Waals surface area contributed by atoms with Crippen LogP contribution in [0.1, 0.15) is 5.56 Å². The Balaban J connectivity index is 2.34. The van der Waals surface area contributed by atoms with Gasteiger partial charge in [0, 0.05) is 37.9 Å². The molecule has 1 saturated heterocycles. The fourth-order valence-electron chi connectivity index (χ4n) is 2.30. The number of nitrogens with one attached hydrogen (secondary N) is 1. The molecule has 1 aromatic rings. The van der Waals surface area contributed by atoms with Crippen LogP contribution in [-0.4, -0.2) is 41.6 Å². The first kappa shape index (κ1) is 16.9. The van der Waals surface area contributed by atoms with E-state index in [9.17, 15) is 25.3 Å². The fraction of sp³-hybridized carbons (Fsp3) is 0.455. The van der Waals surface area contributed by atoms with Crippen molar-refractivity contribution >= 4 is 23.2 Å². The van der Waals surface area contributed by atoms with Crippen molar-refractivity contribution in [2.24, 2.45) is 0 Å². The number of rotatable bonds is 5. The van der Waals surface area contributed by atoms with Gasteiger partial charge in [-0.25, -0.2) is 0 Å². The Kier molecular flexibility index (Phi) is 4.85. The minimum atomic E-state index is -5.29. The molecule has 0 aromatic heterocycles. The Labute approximate surface area is 125 Å². The van der Waals surface area contributed by atoms with Crippen molar-refractivity contribution in [2.45, 2.75) is 6.32 Å². The van der Waals surface area contributed by atoms with Crippen molar-refractivity contribution in [3.63, 3.8) is 0 Å². The van der Waals surface area contributed by atoms with E-state index in [4.69, 9.17) is 0 Å². The summed E-state index contributed by atoms with van der Waals surface area (Å²) in [6.07, 6.45) is -1.19. The van der Waals surface area contributed by atoms with E-state index >= 15 is 0 Å². The van der Waals surface area contributed by atoms with E-state index in [2.05, 4.69) is 9.50 Å². The van der Waals surface area contributed by atoms with E-state index in [1.807, 2.05) is 0 Å². The maximum absolute atomic E-state index is 12.6. The van der Waals surface area contributed by atoms with Gasteiger partial charge in [0.25, 0.3) is 0 Å². The minimum Gasteiger partial charge on any atom is -0.449 e. The maximum atomic E-state index is 12.6. The van der Waals surface area contributed by atoms with Crippen molar-refractivity contribution in [3.05, 3.63) is 23.8 Å². The second-order valence-corrected chi connectivity index (χ2v) is 5.92. The molecule has 0 bridgehead atoms. The predicted octanol–water partition coefficient (Wildman–Crippen LogP) is 1.62. The second kappa shape index (κ2) is 6.33. The van der Waals surface area contributed by atoms with Crippen LogP contribution in [-0.2, 0) is 16.8 Å². The van der Waals surface area contributed by atoms with Crippen molar-refractivity contribution in [1.29, 1.82) is 0 Å². The van der Waals surface area contributed by atoms with E-state index in [0.29, 0.717) is 31.9 Å². The Morgan fingerprint density at radius 1 is 1.18 bits per heavy atom. The molecule has 11 heteroatoms. The summed E-state index contributed by atoms with van der Waals surface area (Å²) < 4.78 is 75.6. The van der Waals surface area contributed by atoms with Crippen LogP contribution >= 0.6 is 0 Å². The van der Waals surface area contributed by atoms with Gasteiger partial charge in [0.1, 0.15) is 5.75 Å². The molecular weight excluding hydrogens is 327 g/mol. The molecule has 5 nitrogen and oxygen atoms in total. The van der Waals surface area contributed by atoms with Crippen molar-refractivity contribution in [1.82, 2.24) is 5.32 Å². The number of hydrogen-bond donors (Lipinski definition) is 1. The van der Waals surface area contributed by atoms with E-state index < -0.39 is 29.6 Å². The zero-order valence-electron chi connectivity index (χ0n) is 11.4. The van der Waals surface area contributed by atoms with Gasteiger partial charge in [-0.1, -0.05) is 15.8 Å². The monoisotopic (exact) mass is 341 g/mol. The molecule has 1 aliphatic rings. The summed E-state index contributed by atoms with van der Waals surface area (Å²) >= 11 is 0. The molecule has 0 radical (unpaired) electrons. The van der Waals surface area contributed by atoms with E-state index in [-0.39, 0.29) is 5.56 Å². The lowest BCUT2D eigenvalue weighted by Crippen LogP contribution is -2.43. The summed E-state index contributed by atoms with van der Waals surface area (Å²) in [5.74, 6) is -0.464. The molecule has 0 spiro atoms. The fourth-order valence-corrected chi connectivity index (χ4v) is 2.62. The summed E-state index contributed by atoms with van der Waals surface area (Å²) in [5.41, 5.74) is 0.208. The molecule has 0 atom stereocenters. The van der Waals surface area contributed by atoms with Crippen LogP contribution in [0, 0.1) is 0 Å². The third-order valence-electron chi connectivity index (χ3n) is 3.10. The van der Waals surface area contributed by atoms with Crippen LogP contribution in [0.4, 0.5) is 22.5 Å². The van der Waals surface area contributed by atoms with Gasteiger partial charge in [-0.15, -0.1) is 0 Å². The SMILES string of the molecule is O=S(=O)(F)Oc1cc(C[B-](F)(F)F)cc(N2CCNCC2)c1. The first-order valence-electron chi connectivity index (χ1n) is 6.57. The Hall–Kier alpha value is -1.49. The summed E-state index contributed by atoms with van der Waals surface area (Å²) in [6.45, 7) is -2.73. The largest absolute Gasteiger partial charge is 0.488 e. The lowest BCUT2D eigenvalue weighted by atomic mass is 9.81. The van der Waals surface area contributed by atoms with E-state index in [1.54, 1.807) is 4.90 Å². The lowest BCUT2D eigenvalue weighted by Gasteiger charge is -2.30. The molecule has 1 aromatic carbocycles. The van der Waals surface area contributed by atoms with Crippen LogP contribution < -0.4 is 14.4 Å². The number of benzene rings is 1. The van der Waals surface area contributed by atoms with Crippen LogP contribution in [0.3, 0.4) is 0 Å². The second-order valence-electron chi connectivity index (χ2n) is 4.96. The molecule has 0 saturated carbocycles. The van der Waals surface area contributed by atoms with Crippen LogP contribution in [0.15, 0.2) is 18.2 Å². The Bertz CT molecular complexity index is 633. The third kappa shape index (κ3) is 5.37. The topological polar surface area (TPSA) is 58.6 Å². The normalized spacial score (nSPS) is 16.6. The number of piperazine rings is 1. The smallest absolute Gasteiger partial charge is 0.449 e. The number of anilines is 1. The molecule has 1 fully saturated rings. The molecule has 22 heavy (non-hydrogen) atoms. The molecular formula is C11H14BF4N2O3S-. The van der Waals surface area contributed by atoms with Crippen molar-refractivity contribution < 1.29 is 29.4 Å². The highest BCUT2D eigenvalue weighted by molar-refractivity contribution is 7.81. The lowest BCUT2D eigenvalue weighted by molar-refractivity contribution is 0.440. The van der Waals surface area contributed by atoms with Gasteiger partial charge < -0.3 is 27.3 Å². The van der Waals surface area contributed by atoms with Gasteiger partial charge in [-0.05, 0) is 12.1 Å². The zero-order valence-corrected chi connectivity index (χ0v) is 12.3. The average molecular weight is 341 g/mol. The first-order chi connectivity index (χ1) is 10.1. The van der Waals surface area contributed by atoms with Crippen LogP contribution in [0.5, 0.6) is 5.75 Å². The molecule has 1 aliphatic heterocycles. The quantitative estimate of drug-likeness (QED) is 0.501. The molecule has 0 aliphatic carbocycles.